The fourth-order valence-electron chi connectivity index (χ4n) is 3.58. The lowest BCUT2D eigenvalue weighted by Gasteiger charge is -2.26. The quantitative estimate of drug-likeness (QED) is 0.923. The van der Waals surface area contributed by atoms with E-state index >= 15 is 0 Å². The van der Waals surface area contributed by atoms with Crippen molar-refractivity contribution in [3.05, 3.63) is 30.1 Å². The molecule has 2 aliphatic rings. The Labute approximate surface area is 126 Å². The summed E-state index contributed by atoms with van der Waals surface area (Å²) in [6.07, 6.45) is 5.91. The van der Waals surface area contributed by atoms with Crippen LogP contribution in [0.5, 0.6) is 0 Å². The van der Waals surface area contributed by atoms with Gasteiger partial charge >= 0.3 is 6.03 Å². The van der Waals surface area contributed by atoms with Crippen molar-refractivity contribution in [2.75, 3.05) is 13.1 Å². The van der Waals surface area contributed by atoms with Gasteiger partial charge in [-0.3, -0.25) is 9.88 Å². The van der Waals surface area contributed by atoms with Crippen LogP contribution in [0.4, 0.5) is 4.79 Å². The van der Waals surface area contributed by atoms with E-state index in [0.29, 0.717) is 12.1 Å². The molecule has 114 valence electrons. The van der Waals surface area contributed by atoms with E-state index in [4.69, 9.17) is 0 Å². The zero-order chi connectivity index (χ0) is 14.8. The van der Waals surface area contributed by atoms with Gasteiger partial charge in [0, 0.05) is 44.1 Å². The first-order chi connectivity index (χ1) is 10.1. The maximum Gasteiger partial charge on any atom is 0.317 e. The van der Waals surface area contributed by atoms with E-state index < -0.39 is 0 Å². The van der Waals surface area contributed by atoms with Gasteiger partial charge in [-0.25, -0.2) is 4.79 Å². The second-order valence-electron chi connectivity index (χ2n) is 6.34. The molecular weight excluding hydrogens is 264 g/mol. The number of aromatic nitrogens is 1. The monoisotopic (exact) mass is 288 g/mol. The Kier molecular flexibility index (Phi) is 4.10. The Morgan fingerprint density at radius 3 is 2.90 bits per heavy atom. The van der Waals surface area contributed by atoms with Gasteiger partial charge in [0.15, 0.2) is 0 Å². The molecule has 0 bridgehead atoms. The van der Waals surface area contributed by atoms with Crippen molar-refractivity contribution in [2.24, 2.45) is 0 Å². The molecule has 0 saturated carbocycles. The van der Waals surface area contributed by atoms with Gasteiger partial charge in [-0.15, -0.1) is 0 Å². The first-order valence-corrected chi connectivity index (χ1v) is 7.85. The Morgan fingerprint density at radius 2 is 2.19 bits per heavy atom. The van der Waals surface area contributed by atoms with E-state index in [1.165, 1.54) is 5.56 Å². The van der Waals surface area contributed by atoms with Gasteiger partial charge < -0.3 is 10.2 Å². The number of pyridine rings is 1. The second-order valence-corrected chi connectivity index (χ2v) is 6.34. The van der Waals surface area contributed by atoms with Crippen LogP contribution in [0.3, 0.4) is 0 Å². The van der Waals surface area contributed by atoms with E-state index in [1.54, 1.807) is 0 Å². The minimum Gasteiger partial charge on any atom is -0.336 e. The highest BCUT2D eigenvalue weighted by atomic mass is 16.2. The lowest BCUT2D eigenvalue weighted by atomic mass is 10.1. The highest BCUT2D eigenvalue weighted by molar-refractivity contribution is 5.75. The van der Waals surface area contributed by atoms with Crippen LogP contribution >= 0.6 is 0 Å². The SMILES string of the molecule is CC(C)NC(=O)N1CC[C@@H]2[C@@H]1CCN2Cc1cccnc1. The standard InChI is InChI=1S/C16H24N4O/c1-12(2)18-16(21)20-9-6-14-15(20)5-8-19(14)11-13-4-3-7-17-10-13/h3-4,7,10,12,14-15H,5-6,8-9,11H2,1-2H3,(H,18,21)/t14-,15+/m1/s1. The predicted octanol–water partition coefficient (Wildman–Crippen LogP) is 1.85. The van der Waals surface area contributed by atoms with Gasteiger partial charge in [0.2, 0.25) is 0 Å². The molecule has 5 heteroatoms. The van der Waals surface area contributed by atoms with Crippen LogP contribution in [-0.4, -0.2) is 52.0 Å². The van der Waals surface area contributed by atoms with E-state index in [9.17, 15) is 4.79 Å². The lowest BCUT2D eigenvalue weighted by molar-refractivity contribution is 0.185. The summed E-state index contributed by atoms with van der Waals surface area (Å²) in [5.41, 5.74) is 1.25. The van der Waals surface area contributed by atoms with Crippen molar-refractivity contribution in [1.82, 2.24) is 20.1 Å². The molecule has 2 aliphatic heterocycles. The van der Waals surface area contributed by atoms with Gasteiger partial charge in [-0.1, -0.05) is 6.07 Å². The molecule has 0 aromatic carbocycles. The van der Waals surface area contributed by atoms with E-state index in [2.05, 4.69) is 21.3 Å². The predicted molar refractivity (Wildman–Crippen MR) is 81.8 cm³/mol. The highest BCUT2D eigenvalue weighted by Gasteiger charge is 2.44. The number of hydrogen-bond donors (Lipinski definition) is 1. The number of nitrogens with zero attached hydrogens (tertiary/aromatic N) is 3. The molecule has 0 unspecified atom stereocenters. The average molecular weight is 288 g/mol. The van der Waals surface area contributed by atoms with Crippen molar-refractivity contribution < 1.29 is 4.79 Å². The second kappa shape index (κ2) is 6.02. The number of fused-ring (bicyclic) bond motifs is 1. The summed E-state index contributed by atoms with van der Waals surface area (Å²) >= 11 is 0. The Bertz CT molecular complexity index is 490. The van der Waals surface area contributed by atoms with Crippen LogP contribution in [0.2, 0.25) is 0 Å². The summed E-state index contributed by atoms with van der Waals surface area (Å²) in [5.74, 6) is 0. The summed E-state index contributed by atoms with van der Waals surface area (Å²) in [6, 6.07) is 5.28. The molecule has 3 rings (SSSR count). The van der Waals surface area contributed by atoms with Gasteiger partial charge in [0.1, 0.15) is 0 Å². The molecule has 0 radical (unpaired) electrons. The summed E-state index contributed by atoms with van der Waals surface area (Å²) < 4.78 is 0. The normalized spacial score (nSPS) is 25.4. The lowest BCUT2D eigenvalue weighted by Crippen LogP contribution is -2.46. The Balaban J connectivity index is 1.62. The zero-order valence-corrected chi connectivity index (χ0v) is 12.8. The van der Waals surface area contributed by atoms with Gasteiger partial charge in [0.05, 0.1) is 6.04 Å². The molecule has 1 aromatic rings. The molecular formula is C16H24N4O. The molecule has 5 nitrogen and oxygen atoms in total. The van der Waals surface area contributed by atoms with Crippen LogP contribution in [0.1, 0.15) is 32.3 Å². The molecule has 1 N–H and O–H groups in total. The molecule has 21 heavy (non-hydrogen) atoms. The van der Waals surface area contributed by atoms with Crippen molar-refractivity contribution in [3.63, 3.8) is 0 Å². The molecule has 1 aromatic heterocycles. The molecule has 0 spiro atoms. The van der Waals surface area contributed by atoms with Gasteiger partial charge in [-0.2, -0.15) is 0 Å². The van der Waals surface area contributed by atoms with Crippen LogP contribution in [0.15, 0.2) is 24.5 Å². The van der Waals surface area contributed by atoms with E-state index in [-0.39, 0.29) is 12.1 Å². The summed E-state index contributed by atoms with van der Waals surface area (Å²) in [5, 5.41) is 3.02. The van der Waals surface area contributed by atoms with Crippen molar-refractivity contribution in [1.29, 1.82) is 0 Å². The largest absolute Gasteiger partial charge is 0.336 e. The van der Waals surface area contributed by atoms with Crippen molar-refractivity contribution in [3.8, 4) is 0 Å². The van der Waals surface area contributed by atoms with E-state index in [0.717, 1.165) is 32.5 Å². The van der Waals surface area contributed by atoms with Gasteiger partial charge in [-0.05, 0) is 38.3 Å². The summed E-state index contributed by atoms with van der Waals surface area (Å²) in [6.45, 7) is 6.89. The fourth-order valence-corrected chi connectivity index (χ4v) is 3.58. The third-order valence-electron chi connectivity index (χ3n) is 4.47. The van der Waals surface area contributed by atoms with Crippen LogP contribution in [0, 0.1) is 0 Å². The third-order valence-corrected chi connectivity index (χ3v) is 4.47. The van der Waals surface area contributed by atoms with Crippen molar-refractivity contribution in [2.45, 2.75) is 51.4 Å². The van der Waals surface area contributed by atoms with Gasteiger partial charge in [0.25, 0.3) is 0 Å². The number of carbonyl (C=O) groups is 1. The van der Waals surface area contributed by atoms with Crippen LogP contribution in [0.25, 0.3) is 0 Å². The highest BCUT2D eigenvalue weighted by Crippen LogP contribution is 2.32. The minimum absolute atomic E-state index is 0.0979. The number of carbonyl (C=O) groups excluding carboxylic acids is 1. The topological polar surface area (TPSA) is 48.5 Å². The summed E-state index contributed by atoms with van der Waals surface area (Å²) in [4.78, 5) is 21.0. The van der Waals surface area contributed by atoms with E-state index in [1.807, 2.05) is 37.2 Å². The van der Waals surface area contributed by atoms with Crippen molar-refractivity contribution >= 4 is 6.03 Å². The molecule has 2 fully saturated rings. The third kappa shape index (κ3) is 3.02. The zero-order valence-electron chi connectivity index (χ0n) is 12.8. The number of nitrogens with one attached hydrogen (secondary N) is 1. The Hall–Kier alpha value is -1.62. The molecule has 2 amide bonds. The summed E-state index contributed by atoms with van der Waals surface area (Å²) in [7, 11) is 0. The maximum absolute atomic E-state index is 12.2. The molecule has 0 aliphatic carbocycles. The van der Waals surface area contributed by atoms with Crippen LogP contribution in [-0.2, 0) is 6.54 Å². The fraction of sp³-hybridized carbons (Fsp3) is 0.625. The number of hydrogen-bond acceptors (Lipinski definition) is 3. The molecule has 3 heterocycles. The first kappa shape index (κ1) is 14.3. The number of amides is 2. The average Bonchev–Trinajstić information content (AvgIpc) is 3.02. The molecule has 2 saturated heterocycles. The number of urea groups is 1. The van der Waals surface area contributed by atoms with Crippen LogP contribution < -0.4 is 5.32 Å². The smallest absolute Gasteiger partial charge is 0.317 e. The minimum atomic E-state index is 0.0979. The molecule has 2 atom stereocenters. The number of likely N-dealkylation sites (tertiary alicyclic amines) is 2. The maximum atomic E-state index is 12.2. The Morgan fingerprint density at radius 1 is 1.38 bits per heavy atom. The first-order valence-electron chi connectivity index (χ1n) is 7.85. The number of rotatable bonds is 3.